The van der Waals surface area contributed by atoms with Gasteiger partial charge in [0.25, 0.3) is 0 Å². The van der Waals surface area contributed by atoms with Gasteiger partial charge in [-0.15, -0.1) is 0 Å². The minimum Gasteiger partial charge on any atom is -0.331 e. The molecule has 84 valence electrons. The molecule has 2 heterocycles. The molecule has 0 aromatic rings. The molecule has 2 N–H and O–H groups in total. The topological polar surface area (TPSA) is 44.4 Å². The molecule has 2 aliphatic heterocycles. The third-order valence-electron chi connectivity index (χ3n) is 3.17. The van der Waals surface area contributed by atoms with Crippen molar-refractivity contribution in [1.29, 1.82) is 0 Å². The van der Waals surface area contributed by atoms with Crippen LogP contribution in [0.5, 0.6) is 0 Å². The van der Waals surface area contributed by atoms with Gasteiger partial charge in [0.2, 0.25) is 0 Å². The van der Waals surface area contributed by atoms with Crippen LogP contribution >= 0.6 is 0 Å². The van der Waals surface area contributed by atoms with Crippen molar-refractivity contribution in [2.45, 2.75) is 25.3 Å². The first-order valence-corrected chi connectivity index (χ1v) is 5.54. The molecular weight excluding hydrogens is 190 g/mol. The maximum Gasteiger partial charge on any atom is 0.318 e. The van der Waals surface area contributed by atoms with E-state index >= 15 is 0 Å². The van der Waals surface area contributed by atoms with E-state index in [4.69, 9.17) is 0 Å². The van der Waals surface area contributed by atoms with Gasteiger partial charge in [-0.2, -0.15) is 0 Å². The Morgan fingerprint density at radius 1 is 1.53 bits per heavy atom. The van der Waals surface area contributed by atoms with Crippen LogP contribution in [-0.2, 0) is 0 Å². The number of carbonyl (C=O) groups is 1. The van der Waals surface area contributed by atoms with Crippen LogP contribution in [0.25, 0.3) is 0 Å². The molecule has 0 aromatic carbocycles. The zero-order valence-corrected chi connectivity index (χ0v) is 9.31. The molecule has 0 saturated carbocycles. The van der Waals surface area contributed by atoms with Crippen molar-refractivity contribution in [3.05, 3.63) is 12.2 Å². The summed E-state index contributed by atoms with van der Waals surface area (Å²) in [7, 11) is 0. The van der Waals surface area contributed by atoms with Gasteiger partial charge in [0.1, 0.15) is 0 Å². The molecule has 4 heteroatoms. The summed E-state index contributed by atoms with van der Waals surface area (Å²) in [5.74, 6) is 0. The van der Waals surface area contributed by atoms with Crippen molar-refractivity contribution < 1.29 is 4.79 Å². The second-order valence-corrected chi connectivity index (χ2v) is 4.77. The van der Waals surface area contributed by atoms with E-state index < -0.39 is 0 Å². The number of rotatable bonds is 2. The van der Waals surface area contributed by atoms with Crippen molar-refractivity contribution in [2.75, 3.05) is 26.2 Å². The lowest BCUT2D eigenvalue weighted by molar-refractivity contribution is 0.221. The third-order valence-corrected chi connectivity index (χ3v) is 3.17. The molecule has 0 atom stereocenters. The lowest BCUT2D eigenvalue weighted by atomic mass is 9.89. The molecule has 0 aromatic heterocycles. The van der Waals surface area contributed by atoms with Crippen LogP contribution in [0.2, 0.25) is 0 Å². The van der Waals surface area contributed by atoms with Gasteiger partial charge in [-0.25, -0.2) is 4.79 Å². The fraction of sp³-hybridized carbons (Fsp3) is 0.727. The van der Waals surface area contributed by atoms with E-state index in [-0.39, 0.29) is 11.6 Å². The summed E-state index contributed by atoms with van der Waals surface area (Å²) in [5, 5.41) is 6.45. The zero-order valence-electron chi connectivity index (χ0n) is 9.31. The Labute approximate surface area is 90.7 Å². The second-order valence-electron chi connectivity index (χ2n) is 4.77. The molecule has 0 unspecified atom stereocenters. The van der Waals surface area contributed by atoms with E-state index in [1.54, 1.807) is 0 Å². The summed E-state index contributed by atoms with van der Waals surface area (Å²) in [5.41, 5.74) is 1.06. The third kappa shape index (κ3) is 2.15. The minimum absolute atomic E-state index is 0.0256. The SMILES string of the molecule is C=C(C)CN1CC2(CCNCC2)NC1=O. The van der Waals surface area contributed by atoms with E-state index in [2.05, 4.69) is 17.2 Å². The van der Waals surface area contributed by atoms with Gasteiger partial charge >= 0.3 is 6.03 Å². The molecule has 2 amide bonds. The first-order valence-electron chi connectivity index (χ1n) is 5.54. The van der Waals surface area contributed by atoms with Gasteiger partial charge in [-0.1, -0.05) is 12.2 Å². The predicted octanol–water partition coefficient (Wildman–Crippen LogP) is 0.710. The van der Waals surface area contributed by atoms with Crippen molar-refractivity contribution in [3.63, 3.8) is 0 Å². The highest BCUT2D eigenvalue weighted by atomic mass is 16.2. The van der Waals surface area contributed by atoms with E-state index in [1.807, 2.05) is 11.8 Å². The lowest BCUT2D eigenvalue weighted by Gasteiger charge is -2.33. The number of piperidine rings is 1. The number of amides is 2. The molecule has 15 heavy (non-hydrogen) atoms. The smallest absolute Gasteiger partial charge is 0.318 e. The second kappa shape index (κ2) is 3.85. The first-order chi connectivity index (χ1) is 7.11. The van der Waals surface area contributed by atoms with Crippen LogP contribution in [0.1, 0.15) is 19.8 Å². The minimum atomic E-state index is 0.0256. The fourth-order valence-electron chi connectivity index (χ4n) is 2.42. The number of carbonyl (C=O) groups excluding carboxylic acids is 1. The van der Waals surface area contributed by atoms with E-state index in [0.29, 0.717) is 6.54 Å². The Morgan fingerprint density at radius 3 is 2.80 bits per heavy atom. The van der Waals surface area contributed by atoms with E-state index in [9.17, 15) is 4.79 Å². The van der Waals surface area contributed by atoms with Gasteiger partial charge in [0, 0.05) is 13.1 Å². The van der Waals surface area contributed by atoms with E-state index in [1.165, 1.54) is 0 Å². The lowest BCUT2D eigenvalue weighted by Crippen LogP contribution is -2.51. The molecule has 4 nitrogen and oxygen atoms in total. The van der Waals surface area contributed by atoms with Crippen molar-refractivity contribution >= 4 is 6.03 Å². The predicted molar refractivity (Wildman–Crippen MR) is 59.8 cm³/mol. The molecule has 2 saturated heterocycles. The maximum absolute atomic E-state index is 11.7. The summed E-state index contributed by atoms with van der Waals surface area (Å²) in [6.45, 7) is 9.33. The highest BCUT2D eigenvalue weighted by molar-refractivity contribution is 5.78. The molecule has 1 spiro atoms. The number of nitrogens with one attached hydrogen (secondary N) is 2. The van der Waals surface area contributed by atoms with Crippen LogP contribution in [0, 0.1) is 0 Å². The van der Waals surface area contributed by atoms with E-state index in [0.717, 1.165) is 38.0 Å². The summed E-state index contributed by atoms with van der Waals surface area (Å²) in [4.78, 5) is 13.6. The molecular formula is C11H19N3O. The van der Waals surface area contributed by atoms with Crippen LogP contribution in [0.3, 0.4) is 0 Å². The molecule has 0 bridgehead atoms. The van der Waals surface area contributed by atoms with Crippen molar-refractivity contribution in [1.82, 2.24) is 15.5 Å². The van der Waals surface area contributed by atoms with Crippen molar-refractivity contribution in [2.24, 2.45) is 0 Å². The molecule has 2 fully saturated rings. The van der Waals surface area contributed by atoms with Crippen LogP contribution in [-0.4, -0.2) is 42.6 Å². The Hall–Kier alpha value is -1.03. The average molecular weight is 209 g/mol. The zero-order chi connectivity index (χ0) is 10.9. The van der Waals surface area contributed by atoms with Gasteiger partial charge in [0.15, 0.2) is 0 Å². The quantitative estimate of drug-likeness (QED) is 0.658. The summed E-state index contributed by atoms with van der Waals surface area (Å²) in [6, 6.07) is 0.0694. The Morgan fingerprint density at radius 2 is 2.20 bits per heavy atom. The number of urea groups is 1. The summed E-state index contributed by atoms with van der Waals surface area (Å²) < 4.78 is 0. The largest absolute Gasteiger partial charge is 0.331 e. The standard InChI is InChI=1S/C11H19N3O/c1-9(2)7-14-8-11(13-10(14)15)3-5-12-6-4-11/h12H,1,3-8H2,2H3,(H,13,15). The maximum atomic E-state index is 11.7. The van der Waals surface area contributed by atoms with Crippen LogP contribution in [0.4, 0.5) is 4.79 Å². The van der Waals surface area contributed by atoms with Crippen molar-refractivity contribution in [3.8, 4) is 0 Å². The Kier molecular flexibility index (Phi) is 2.69. The highest BCUT2D eigenvalue weighted by Crippen LogP contribution is 2.25. The van der Waals surface area contributed by atoms with Gasteiger partial charge < -0.3 is 15.5 Å². The average Bonchev–Trinajstić information content (AvgIpc) is 2.43. The summed E-state index contributed by atoms with van der Waals surface area (Å²) >= 11 is 0. The van der Waals surface area contributed by atoms with Gasteiger partial charge in [-0.3, -0.25) is 0 Å². The Balaban J connectivity index is 2.01. The van der Waals surface area contributed by atoms with Crippen LogP contribution in [0.15, 0.2) is 12.2 Å². The van der Waals surface area contributed by atoms with Crippen LogP contribution < -0.4 is 10.6 Å². The molecule has 0 radical (unpaired) electrons. The number of hydrogen-bond acceptors (Lipinski definition) is 2. The number of hydrogen-bond donors (Lipinski definition) is 2. The molecule has 2 aliphatic rings. The number of nitrogens with zero attached hydrogens (tertiary/aromatic N) is 1. The highest BCUT2D eigenvalue weighted by Gasteiger charge is 2.42. The molecule has 0 aliphatic carbocycles. The molecule has 2 rings (SSSR count). The monoisotopic (exact) mass is 209 g/mol. The normalized spacial score (nSPS) is 24.3. The first kappa shape index (κ1) is 10.5. The summed E-state index contributed by atoms with van der Waals surface area (Å²) in [6.07, 6.45) is 2.07. The van der Waals surface area contributed by atoms with Gasteiger partial charge in [-0.05, 0) is 32.9 Å². The van der Waals surface area contributed by atoms with Gasteiger partial charge in [0.05, 0.1) is 5.54 Å². The fourth-order valence-corrected chi connectivity index (χ4v) is 2.42. The Bertz CT molecular complexity index is 282.